The number of hydrogen-bond donors (Lipinski definition) is 1. The number of carboxylic acid groups (broad SMARTS) is 1. The van der Waals surface area contributed by atoms with Gasteiger partial charge in [-0.05, 0) is 36.6 Å². The fourth-order valence-electron chi connectivity index (χ4n) is 2.08. The van der Waals surface area contributed by atoms with Crippen molar-refractivity contribution < 1.29 is 14.6 Å². The summed E-state index contributed by atoms with van der Waals surface area (Å²) in [5, 5.41) is 13.5. The van der Waals surface area contributed by atoms with Crippen LogP contribution in [0.3, 0.4) is 0 Å². The Hall–Kier alpha value is -2.30. The molecule has 0 aliphatic rings. The fourth-order valence-corrected chi connectivity index (χ4v) is 2.08. The molecule has 1 N–H and O–H groups in total. The van der Waals surface area contributed by atoms with E-state index in [-0.39, 0.29) is 5.56 Å². The molecule has 1 heterocycles. The van der Waals surface area contributed by atoms with E-state index in [1.54, 1.807) is 11.8 Å². The molecule has 1 aromatic heterocycles. The van der Waals surface area contributed by atoms with Gasteiger partial charge in [-0.3, -0.25) is 0 Å². The molecule has 5 heteroatoms. The minimum absolute atomic E-state index is 0.259. The highest BCUT2D eigenvalue weighted by atomic mass is 16.5. The summed E-state index contributed by atoms with van der Waals surface area (Å²) < 4.78 is 6.80. The third-order valence-corrected chi connectivity index (χ3v) is 3.02. The van der Waals surface area contributed by atoms with Gasteiger partial charge in [-0.15, -0.1) is 0 Å². The lowest BCUT2D eigenvalue weighted by Gasteiger charge is -2.11. The molecule has 20 heavy (non-hydrogen) atoms. The molecule has 0 fully saturated rings. The Labute approximate surface area is 117 Å². The third kappa shape index (κ3) is 2.82. The zero-order valence-electron chi connectivity index (χ0n) is 11.8. The maximum atomic E-state index is 11.3. The molecular formula is C15H18N2O3. The number of ether oxygens (including phenoxy) is 1. The number of aromatic carboxylic acids is 1. The van der Waals surface area contributed by atoms with Crippen LogP contribution in [0, 0.1) is 5.92 Å². The molecule has 2 rings (SSSR count). The molecule has 0 radical (unpaired) electrons. The summed E-state index contributed by atoms with van der Waals surface area (Å²) in [5.41, 5.74) is 1.81. The van der Waals surface area contributed by atoms with Gasteiger partial charge in [0.2, 0.25) is 0 Å². The summed E-state index contributed by atoms with van der Waals surface area (Å²) in [4.78, 5) is 11.3. The predicted molar refractivity (Wildman–Crippen MR) is 75.6 cm³/mol. The fraction of sp³-hybridized carbons (Fsp3) is 0.333. The first kappa shape index (κ1) is 14.1. The SMILES string of the molecule is COc1ccc(-n2ncc(C(=O)O)c2CC(C)C)cc1. The summed E-state index contributed by atoms with van der Waals surface area (Å²) >= 11 is 0. The predicted octanol–water partition coefficient (Wildman–Crippen LogP) is 2.78. The first-order valence-corrected chi connectivity index (χ1v) is 6.47. The monoisotopic (exact) mass is 274 g/mol. The van der Waals surface area contributed by atoms with E-state index in [9.17, 15) is 9.90 Å². The molecule has 2 aromatic rings. The molecular weight excluding hydrogens is 256 g/mol. The highest BCUT2D eigenvalue weighted by Crippen LogP contribution is 2.20. The van der Waals surface area contributed by atoms with E-state index in [0.717, 1.165) is 17.1 Å². The van der Waals surface area contributed by atoms with Gasteiger partial charge in [0.25, 0.3) is 0 Å². The number of nitrogens with zero attached hydrogens (tertiary/aromatic N) is 2. The first-order chi connectivity index (χ1) is 9.52. The highest BCUT2D eigenvalue weighted by molar-refractivity contribution is 5.88. The smallest absolute Gasteiger partial charge is 0.339 e. The molecule has 0 atom stereocenters. The number of carboxylic acids is 1. The average molecular weight is 274 g/mol. The van der Waals surface area contributed by atoms with Crippen LogP contribution in [-0.2, 0) is 6.42 Å². The van der Waals surface area contributed by atoms with Gasteiger partial charge in [-0.25, -0.2) is 9.48 Å². The maximum Gasteiger partial charge on any atom is 0.339 e. The van der Waals surface area contributed by atoms with Crippen molar-refractivity contribution in [1.29, 1.82) is 0 Å². The van der Waals surface area contributed by atoms with Crippen LogP contribution >= 0.6 is 0 Å². The van der Waals surface area contributed by atoms with Gasteiger partial charge in [0.05, 0.1) is 24.7 Å². The van der Waals surface area contributed by atoms with E-state index >= 15 is 0 Å². The van der Waals surface area contributed by atoms with Crippen LogP contribution in [0.15, 0.2) is 30.5 Å². The number of hydrogen-bond acceptors (Lipinski definition) is 3. The standard InChI is InChI=1S/C15H18N2O3/c1-10(2)8-14-13(15(18)19)9-16-17(14)11-4-6-12(20-3)7-5-11/h4-7,9-10H,8H2,1-3H3,(H,18,19). The van der Waals surface area contributed by atoms with Gasteiger partial charge in [0, 0.05) is 0 Å². The Balaban J connectivity index is 2.46. The summed E-state index contributed by atoms with van der Waals surface area (Å²) in [6.45, 7) is 4.11. The quantitative estimate of drug-likeness (QED) is 0.910. The summed E-state index contributed by atoms with van der Waals surface area (Å²) in [6, 6.07) is 7.38. The summed E-state index contributed by atoms with van der Waals surface area (Å²) in [6.07, 6.45) is 2.07. The number of methoxy groups -OCH3 is 1. The van der Waals surface area contributed by atoms with Gasteiger partial charge in [0.15, 0.2) is 0 Å². The molecule has 0 aliphatic heterocycles. The Morgan fingerprint density at radius 2 is 2.00 bits per heavy atom. The van der Waals surface area contributed by atoms with E-state index in [1.807, 2.05) is 24.3 Å². The number of carbonyl (C=O) groups is 1. The van der Waals surface area contributed by atoms with Crippen LogP contribution in [-0.4, -0.2) is 28.0 Å². The normalized spacial score (nSPS) is 10.8. The lowest BCUT2D eigenvalue weighted by molar-refractivity contribution is 0.0695. The van der Waals surface area contributed by atoms with E-state index in [4.69, 9.17) is 4.74 Å². The molecule has 0 unspecified atom stereocenters. The lowest BCUT2D eigenvalue weighted by atomic mass is 10.0. The molecule has 106 valence electrons. The van der Waals surface area contributed by atoms with Gasteiger partial charge in [0.1, 0.15) is 11.3 Å². The zero-order chi connectivity index (χ0) is 14.7. The topological polar surface area (TPSA) is 64.4 Å². The average Bonchev–Trinajstić information content (AvgIpc) is 2.82. The second-order valence-electron chi connectivity index (χ2n) is 5.02. The van der Waals surface area contributed by atoms with Crippen LogP contribution < -0.4 is 4.74 Å². The van der Waals surface area contributed by atoms with E-state index in [2.05, 4.69) is 18.9 Å². The highest BCUT2D eigenvalue weighted by Gasteiger charge is 2.18. The lowest BCUT2D eigenvalue weighted by Crippen LogP contribution is -2.09. The van der Waals surface area contributed by atoms with Crippen molar-refractivity contribution in [2.45, 2.75) is 20.3 Å². The van der Waals surface area contributed by atoms with Crippen molar-refractivity contribution in [2.24, 2.45) is 5.92 Å². The van der Waals surface area contributed by atoms with E-state index in [0.29, 0.717) is 12.3 Å². The van der Waals surface area contributed by atoms with Gasteiger partial charge >= 0.3 is 5.97 Å². The Bertz CT molecular complexity index is 600. The third-order valence-electron chi connectivity index (χ3n) is 3.02. The van der Waals surface area contributed by atoms with Crippen LogP contribution in [0.5, 0.6) is 5.75 Å². The van der Waals surface area contributed by atoms with E-state index < -0.39 is 5.97 Å². The van der Waals surface area contributed by atoms with Gasteiger partial charge in [-0.2, -0.15) is 5.10 Å². The van der Waals surface area contributed by atoms with Crippen LogP contribution in [0.2, 0.25) is 0 Å². The number of benzene rings is 1. The van der Waals surface area contributed by atoms with Gasteiger partial charge in [-0.1, -0.05) is 13.8 Å². The summed E-state index contributed by atoms with van der Waals surface area (Å²) in [7, 11) is 1.61. The molecule has 1 aromatic carbocycles. The molecule has 0 saturated heterocycles. The van der Waals surface area contributed by atoms with Crippen molar-refractivity contribution in [3.05, 3.63) is 41.7 Å². The first-order valence-electron chi connectivity index (χ1n) is 6.47. The number of aromatic nitrogens is 2. The Kier molecular flexibility index (Phi) is 4.08. The van der Waals surface area contributed by atoms with Crippen molar-refractivity contribution >= 4 is 5.97 Å². The molecule has 0 bridgehead atoms. The van der Waals surface area contributed by atoms with Crippen molar-refractivity contribution in [2.75, 3.05) is 7.11 Å². The Morgan fingerprint density at radius 1 is 1.35 bits per heavy atom. The summed E-state index contributed by atoms with van der Waals surface area (Å²) in [5.74, 6) is 0.159. The minimum Gasteiger partial charge on any atom is -0.497 e. The molecule has 0 aliphatic carbocycles. The van der Waals surface area contributed by atoms with Crippen LogP contribution in [0.25, 0.3) is 5.69 Å². The molecule has 0 amide bonds. The second kappa shape index (κ2) is 5.77. The van der Waals surface area contributed by atoms with Crippen molar-refractivity contribution in [1.82, 2.24) is 9.78 Å². The van der Waals surface area contributed by atoms with Crippen molar-refractivity contribution in [3.8, 4) is 11.4 Å². The second-order valence-corrected chi connectivity index (χ2v) is 5.02. The van der Waals surface area contributed by atoms with Crippen LogP contribution in [0.1, 0.15) is 29.9 Å². The maximum absolute atomic E-state index is 11.3. The molecule has 0 saturated carbocycles. The van der Waals surface area contributed by atoms with Crippen molar-refractivity contribution in [3.63, 3.8) is 0 Å². The van der Waals surface area contributed by atoms with E-state index in [1.165, 1.54) is 6.20 Å². The molecule has 0 spiro atoms. The van der Waals surface area contributed by atoms with Crippen LogP contribution in [0.4, 0.5) is 0 Å². The largest absolute Gasteiger partial charge is 0.497 e. The molecule has 5 nitrogen and oxygen atoms in total. The van der Waals surface area contributed by atoms with Gasteiger partial charge < -0.3 is 9.84 Å². The zero-order valence-corrected chi connectivity index (χ0v) is 11.8. The number of rotatable bonds is 5. The minimum atomic E-state index is -0.944. The Morgan fingerprint density at radius 3 is 2.50 bits per heavy atom.